The summed E-state index contributed by atoms with van der Waals surface area (Å²) in [5, 5.41) is 5.65. The van der Waals surface area contributed by atoms with Gasteiger partial charge in [0.25, 0.3) is 5.91 Å². The molecule has 0 radical (unpaired) electrons. The second-order valence-corrected chi connectivity index (χ2v) is 6.87. The number of nitrogens with zero attached hydrogens (tertiary/aromatic N) is 2. The van der Waals surface area contributed by atoms with Crippen molar-refractivity contribution in [2.45, 2.75) is 25.1 Å². The van der Waals surface area contributed by atoms with Crippen LogP contribution in [0.2, 0.25) is 0 Å². The third-order valence-electron chi connectivity index (χ3n) is 4.66. The molecule has 2 aromatic rings. The van der Waals surface area contributed by atoms with Crippen LogP contribution in [0.5, 0.6) is 0 Å². The molecule has 0 aliphatic carbocycles. The number of amides is 2. The zero-order valence-corrected chi connectivity index (χ0v) is 15.6. The van der Waals surface area contributed by atoms with Crippen LogP contribution in [0, 0.1) is 0 Å². The Morgan fingerprint density at radius 3 is 2.34 bits per heavy atom. The Morgan fingerprint density at radius 1 is 1.07 bits per heavy atom. The van der Waals surface area contributed by atoms with E-state index < -0.39 is 17.8 Å². The van der Waals surface area contributed by atoms with Crippen molar-refractivity contribution in [2.75, 3.05) is 25.0 Å². The molecule has 0 bridgehead atoms. The molecular weight excluding hydrogens is 385 g/mol. The number of para-hydroxylation sites is 1. The molecule has 1 aliphatic heterocycles. The fraction of sp³-hybridized carbons (Fsp3) is 0.350. The molecule has 2 heterocycles. The Hall–Kier alpha value is -2.94. The number of pyridine rings is 1. The molecule has 154 valence electrons. The van der Waals surface area contributed by atoms with Crippen LogP contribution in [0.15, 0.2) is 48.7 Å². The summed E-state index contributed by atoms with van der Waals surface area (Å²) in [6, 6.07) is 11.0. The number of halogens is 3. The van der Waals surface area contributed by atoms with E-state index in [0.717, 1.165) is 24.0 Å². The molecule has 1 saturated heterocycles. The first-order valence-corrected chi connectivity index (χ1v) is 9.22. The van der Waals surface area contributed by atoms with Crippen LogP contribution in [0.4, 0.5) is 18.9 Å². The normalized spacial score (nSPS) is 15.7. The molecule has 0 unspecified atom stereocenters. The number of likely N-dealkylation sites (tertiary alicyclic amines) is 1. The second-order valence-electron chi connectivity index (χ2n) is 6.87. The molecule has 0 spiro atoms. The summed E-state index contributed by atoms with van der Waals surface area (Å²) in [7, 11) is 0. The lowest BCUT2D eigenvalue weighted by molar-refractivity contribution is -0.141. The molecule has 6 nitrogen and oxygen atoms in total. The fourth-order valence-electron chi connectivity index (χ4n) is 3.13. The first-order valence-electron chi connectivity index (χ1n) is 9.22. The Labute approximate surface area is 166 Å². The van der Waals surface area contributed by atoms with E-state index in [1.54, 1.807) is 0 Å². The number of hydrogen-bond donors (Lipinski definition) is 2. The zero-order chi connectivity index (χ0) is 20.9. The predicted molar refractivity (Wildman–Crippen MR) is 101 cm³/mol. The van der Waals surface area contributed by atoms with Gasteiger partial charge in [-0.15, -0.1) is 0 Å². The van der Waals surface area contributed by atoms with Gasteiger partial charge in [0.15, 0.2) is 0 Å². The molecular formula is C20H21F3N4O2. The number of benzene rings is 1. The van der Waals surface area contributed by atoms with Gasteiger partial charge in [-0.2, -0.15) is 13.2 Å². The SMILES string of the molecule is O=C(CN1CCC(NC(=O)c2ccc(C(F)(F)F)nc2)CC1)Nc1ccccc1. The molecule has 29 heavy (non-hydrogen) atoms. The van der Waals surface area contributed by atoms with E-state index in [0.29, 0.717) is 25.9 Å². The quantitative estimate of drug-likeness (QED) is 0.801. The Morgan fingerprint density at radius 2 is 1.76 bits per heavy atom. The van der Waals surface area contributed by atoms with Crippen LogP contribution >= 0.6 is 0 Å². The lowest BCUT2D eigenvalue weighted by Gasteiger charge is -2.31. The number of piperidine rings is 1. The molecule has 0 atom stereocenters. The molecule has 0 saturated carbocycles. The van der Waals surface area contributed by atoms with E-state index >= 15 is 0 Å². The number of rotatable bonds is 5. The molecule has 2 N–H and O–H groups in total. The van der Waals surface area contributed by atoms with E-state index in [4.69, 9.17) is 0 Å². The number of nitrogens with one attached hydrogen (secondary N) is 2. The highest BCUT2D eigenvalue weighted by Gasteiger charge is 2.32. The second kappa shape index (κ2) is 9.04. The first kappa shape index (κ1) is 20.8. The summed E-state index contributed by atoms with van der Waals surface area (Å²) in [6.45, 7) is 1.54. The van der Waals surface area contributed by atoms with E-state index in [1.807, 2.05) is 35.2 Å². The van der Waals surface area contributed by atoms with Gasteiger partial charge in [-0.25, -0.2) is 0 Å². The maximum Gasteiger partial charge on any atom is 0.433 e. The summed E-state index contributed by atoms with van der Waals surface area (Å²) >= 11 is 0. The Bertz CT molecular complexity index is 833. The van der Waals surface area contributed by atoms with Crippen molar-refractivity contribution >= 4 is 17.5 Å². The van der Waals surface area contributed by atoms with Gasteiger partial charge in [0.1, 0.15) is 5.69 Å². The number of alkyl halides is 3. The van der Waals surface area contributed by atoms with Crippen molar-refractivity contribution in [2.24, 2.45) is 0 Å². The van der Waals surface area contributed by atoms with Gasteiger partial charge < -0.3 is 10.6 Å². The maximum absolute atomic E-state index is 12.5. The van der Waals surface area contributed by atoms with Crippen LogP contribution in [0.1, 0.15) is 28.9 Å². The number of hydrogen-bond acceptors (Lipinski definition) is 4. The van der Waals surface area contributed by atoms with Crippen LogP contribution in [-0.2, 0) is 11.0 Å². The number of carbonyl (C=O) groups is 2. The Balaban J connectivity index is 1.43. The largest absolute Gasteiger partial charge is 0.433 e. The lowest BCUT2D eigenvalue weighted by atomic mass is 10.0. The van der Waals surface area contributed by atoms with Crippen molar-refractivity contribution in [1.29, 1.82) is 0 Å². The summed E-state index contributed by atoms with van der Waals surface area (Å²) in [6.07, 6.45) is -2.30. The van der Waals surface area contributed by atoms with Crippen molar-refractivity contribution in [3.63, 3.8) is 0 Å². The highest BCUT2D eigenvalue weighted by Crippen LogP contribution is 2.27. The average Bonchev–Trinajstić information content (AvgIpc) is 2.69. The summed E-state index contributed by atoms with van der Waals surface area (Å²) in [4.78, 5) is 29.6. The Kier molecular flexibility index (Phi) is 6.48. The molecule has 1 fully saturated rings. The summed E-state index contributed by atoms with van der Waals surface area (Å²) < 4.78 is 37.6. The highest BCUT2D eigenvalue weighted by molar-refractivity contribution is 5.94. The third kappa shape index (κ3) is 6.02. The van der Waals surface area contributed by atoms with E-state index in [-0.39, 0.29) is 24.1 Å². The third-order valence-corrected chi connectivity index (χ3v) is 4.66. The molecule has 2 amide bonds. The predicted octanol–water partition coefficient (Wildman–Crippen LogP) is 2.93. The monoisotopic (exact) mass is 406 g/mol. The average molecular weight is 406 g/mol. The summed E-state index contributed by atoms with van der Waals surface area (Å²) in [5.74, 6) is -0.555. The molecule has 3 rings (SSSR count). The van der Waals surface area contributed by atoms with E-state index in [9.17, 15) is 22.8 Å². The minimum atomic E-state index is -4.53. The van der Waals surface area contributed by atoms with Crippen molar-refractivity contribution < 1.29 is 22.8 Å². The molecule has 1 aromatic heterocycles. The zero-order valence-electron chi connectivity index (χ0n) is 15.6. The topological polar surface area (TPSA) is 74.3 Å². The summed E-state index contributed by atoms with van der Waals surface area (Å²) in [5.41, 5.74) is -0.205. The lowest BCUT2D eigenvalue weighted by Crippen LogP contribution is -2.46. The van der Waals surface area contributed by atoms with Gasteiger partial charge in [-0.05, 0) is 37.1 Å². The van der Waals surface area contributed by atoms with Crippen molar-refractivity contribution in [3.8, 4) is 0 Å². The highest BCUT2D eigenvalue weighted by atomic mass is 19.4. The minimum Gasteiger partial charge on any atom is -0.349 e. The maximum atomic E-state index is 12.5. The van der Waals surface area contributed by atoms with Crippen LogP contribution < -0.4 is 10.6 Å². The smallest absolute Gasteiger partial charge is 0.349 e. The molecule has 1 aromatic carbocycles. The van der Waals surface area contributed by atoms with Gasteiger partial charge in [0.05, 0.1) is 12.1 Å². The van der Waals surface area contributed by atoms with E-state index in [1.165, 1.54) is 0 Å². The number of carbonyl (C=O) groups excluding carboxylic acids is 2. The van der Waals surface area contributed by atoms with Gasteiger partial charge in [-0.3, -0.25) is 19.5 Å². The van der Waals surface area contributed by atoms with Gasteiger partial charge in [0.2, 0.25) is 5.91 Å². The van der Waals surface area contributed by atoms with E-state index in [2.05, 4.69) is 15.6 Å². The first-order chi connectivity index (χ1) is 13.8. The van der Waals surface area contributed by atoms with Crippen molar-refractivity contribution in [3.05, 3.63) is 59.9 Å². The number of anilines is 1. The van der Waals surface area contributed by atoms with Gasteiger partial charge in [0, 0.05) is 31.0 Å². The van der Waals surface area contributed by atoms with Crippen LogP contribution in [0.25, 0.3) is 0 Å². The van der Waals surface area contributed by atoms with Crippen LogP contribution in [0.3, 0.4) is 0 Å². The number of aromatic nitrogens is 1. The molecule has 9 heteroatoms. The molecule has 1 aliphatic rings. The minimum absolute atomic E-state index is 0.0858. The van der Waals surface area contributed by atoms with Gasteiger partial charge >= 0.3 is 6.18 Å². The van der Waals surface area contributed by atoms with Crippen molar-refractivity contribution in [1.82, 2.24) is 15.2 Å². The standard InChI is InChI=1S/C20H21F3N4O2/c21-20(22,23)17-7-6-14(12-24-17)19(29)26-16-8-10-27(11-9-16)13-18(28)25-15-4-2-1-3-5-15/h1-7,12,16H,8-11,13H2,(H,25,28)(H,26,29). The van der Waals surface area contributed by atoms with Gasteiger partial charge in [-0.1, -0.05) is 18.2 Å². The van der Waals surface area contributed by atoms with Crippen LogP contribution in [-0.4, -0.2) is 47.4 Å². The fourth-order valence-corrected chi connectivity index (χ4v) is 3.13.